The first-order valence-corrected chi connectivity index (χ1v) is 7.68. The van der Waals surface area contributed by atoms with Gasteiger partial charge in [-0.2, -0.15) is 0 Å². The predicted octanol–water partition coefficient (Wildman–Crippen LogP) is 4.21. The zero-order valence-corrected chi connectivity index (χ0v) is 13.6. The number of anilines is 2. The molecule has 0 saturated heterocycles. The first kappa shape index (κ1) is 16.9. The van der Waals surface area contributed by atoms with Gasteiger partial charge < -0.3 is 19.9 Å². The van der Waals surface area contributed by atoms with Crippen LogP contribution in [0.1, 0.15) is 0 Å². The smallest absolute Gasteiger partial charge is 0.323 e. The fourth-order valence-corrected chi connectivity index (χ4v) is 2.59. The fourth-order valence-electron chi connectivity index (χ4n) is 2.59. The number of rotatable bonds is 5. The van der Waals surface area contributed by atoms with Gasteiger partial charge in [0.05, 0.1) is 23.5 Å². The zero-order valence-electron chi connectivity index (χ0n) is 13.6. The Morgan fingerprint density at radius 1 is 1.12 bits per heavy atom. The SMILES string of the molecule is COCCn1cc(NC(=O)Nc2ccc(F)cc2F)c2ccccc21. The summed E-state index contributed by atoms with van der Waals surface area (Å²) in [6, 6.07) is 9.95. The summed E-state index contributed by atoms with van der Waals surface area (Å²) in [4.78, 5) is 12.2. The van der Waals surface area contributed by atoms with Crippen LogP contribution in [-0.4, -0.2) is 24.3 Å². The number of halogens is 2. The van der Waals surface area contributed by atoms with Crippen LogP contribution in [0.5, 0.6) is 0 Å². The lowest BCUT2D eigenvalue weighted by Gasteiger charge is -2.07. The molecule has 0 fully saturated rings. The quantitative estimate of drug-likeness (QED) is 0.728. The summed E-state index contributed by atoms with van der Waals surface area (Å²) in [6.07, 6.45) is 1.80. The molecule has 1 heterocycles. The molecule has 0 atom stereocenters. The molecule has 7 heteroatoms. The van der Waals surface area contributed by atoms with Crippen molar-refractivity contribution in [3.63, 3.8) is 0 Å². The van der Waals surface area contributed by atoms with Gasteiger partial charge in [0, 0.05) is 31.3 Å². The van der Waals surface area contributed by atoms with Gasteiger partial charge in [0.15, 0.2) is 0 Å². The van der Waals surface area contributed by atoms with E-state index in [4.69, 9.17) is 4.74 Å². The highest BCUT2D eigenvalue weighted by molar-refractivity contribution is 6.06. The van der Waals surface area contributed by atoms with Gasteiger partial charge in [-0.25, -0.2) is 13.6 Å². The van der Waals surface area contributed by atoms with Crippen molar-refractivity contribution in [3.8, 4) is 0 Å². The number of nitrogens with one attached hydrogen (secondary N) is 2. The Morgan fingerprint density at radius 3 is 2.64 bits per heavy atom. The van der Waals surface area contributed by atoms with E-state index in [2.05, 4.69) is 10.6 Å². The molecule has 2 amide bonds. The van der Waals surface area contributed by atoms with Crippen LogP contribution >= 0.6 is 0 Å². The Bertz CT molecular complexity index is 908. The monoisotopic (exact) mass is 345 g/mol. The van der Waals surface area contributed by atoms with Crippen molar-refractivity contribution in [2.75, 3.05) is 24.4 Å². The van der Waals surface area contributed by atoms with Crippen molar-refractivity contribution < 1.29 is 18.3 Å². The molecule has 25 heavy (non-hydrogen) atoms. The Kier molecular flexibility index (Phi) is 4.95. The highest BCUT2D eigenvalue weighted by atomic mass is 19.1. The van der Waals surface area contributed by atoms with Crippen molar-refractivity contribution in [3.05, 3.63) is 60.3 Å². The molecule has 0 bridgehead atoms. The molecule has 130 valence electrons. The minimum absolute atomic E-state index is 0.0954. The van der Waals surface area contributed by atoms with Crippen LogP contribution in [0.2, 0.25) is 0 Å². The molecule has 0 spiro atoms. The Hall–Kier alpha value is -2.93. The molecule has 0 aliphatic rings. The molecule has 5 nitrogen and oxygen atoms in total. The maximum absolute atomic E-state index is 13.6. The van der Waals surface area contributed by atoms with Gasteiger partial charge in [0.2, 0.25) is 0 Å². The molecular weight excluding hydrogens is 328 g/mol. The number of aromatic nitrogens is 1. The van der Waals surface area contributed by atoms with Crippen LogP contribution in [0.25, 0.3) is 10.9 Å². The standard InChI is InChI=1S/C18H17F2N3O2/c1-25-9-8-23-11-16(13-4-2-3-5-17(13)23)22-18(24)21-15-7-6-12(19)10-14(15)20/h2-7,10-11H,8-9H2,1H3,(H2,21,22,24). The van der Waals surface area contributed by atoms with E-state index in [1.54, 1.807) is 13.3 Å². The fraction of sp³-hybridized carbons (Fsp3) is 0.167. The van der Waals surface area contributed by atoms with Crippen molar-refractivity contribution >= 4 is 28.3 Å². The maximum Gasteiger partial charge on any atom is 0.323 e. The number of methoxy groups -OCH3 is 1. The second kappa shape index (κ2) is 7.31. The van der Waals surface area contributed by atoms with Gasteiger partial charge >= 0.3 is 6.03 Å². The van der Waals surface area contributed by atoms with E-state index in [9.17, 15) is 13.6 Å². The number of amides is 2. The third kappa shape index (κ3) is 3.77. The van der Waals surface area contributed by atoms with Crippen LogP contribution < -0.4 is 10.6 Å². The Labute approximate surface area is 143 Å². The van der Waals surface area contributed by atoms with Crippen molar-refractivity contribution in [2.45, 2.75) is 6.54 Å². The Morgan fingerprint density at radius 2 is 1.88 bits per heavy atom. The molecule has 2 N–H and O–H groups in total. The highest BCUT2D eigenvalue weighted by Crippen LogP contribution is 2.26. The van der Waals surface area contributed by atoms with Gasteiger partial charge in [-0.1, -0.05) is 18.2 Å². The van der Waals surface area contributed by atoms with Gasteiger partial charge in [0.1, 0.15) is 11.6 Å². The number of hydrogen-bond donors (Lipinski definition) is 2. The highest BCUT2D eigenvalue weighted by Gasteiger charge is 2.12. The summed E-state index contributed by atoms with van der Waals surface area (Å²) in [5.74, 6) is -1.54. The maximum atomic E-state index is 13.6. The molecule has 0 aliphatic heterocycles. The lowest BCUT2D eigenvalue weighted by molar-refractivity contribution is 0.188. The average molecular weight is 345 g/mol. The minimum Gasteiger partial charge on any atom is -0.383 e. The number of hydrogen-bond acceptors (Lipinski definition) is 2. The van der Waals surface area contributed by atoms with Crippen molar-refractivity contribution in [1.29, 1.82) is 0 Å². The van der Waals surface area contributed by atoms with Crippen molar-refractivity contribution in [1.82, 2.24) is 4.57 Å². The lowest BCUT2D eigenvalue weighted by atomic mass is 10.2. The van der Waals surface area contributed by atoms with E-state index in [0.717, 1.165) is 17.0 Å². The second-order valence-corrected chi connectivity index (χ2v) is 5.45. The summed E-state index contributed by atoms with van der Waals surface area (Å²) >= 11 is 0. The number of urea groups is 1. The van der Waals surface area contributed by atoms with Gasteiger partial charge in [0.25, 0.3) is 0 Å². The van der Waals surface area contributed by atoms with Gasteiger partial charge in [-0.3, -0.25) is 0 Å². The summed E-state index contributed by atoms with van der Waals surface area (Å²) in [5.41, 5.74) is 1.44. The number of carbonyl (C=O) groups excluding carboxylic acids is 1. The summed E-state index contributed by atoms with van der Waals surface area (Å²) in [5, 5.41) is 5.93. The molecule has 0 radical (unpaired) electrons. The van der Waals surface area contributed by atoms with E-state index in [1.165, 1.54) is 6.07 Å². The van der Waals surface area contributed by atoms with E-state index in [1.807, 2.05) is 28.8 Å². The number of para-hydroxylation sites is 1. The number of fused-ring (bicyclic) bond motifs is 1. The first-order valence-electron chi connectivity index (χ1n) is 7.68. The molecule has 0 aliphatic carbocycles. The number of ether oxygens (including phenoxy) is 1. The van der Waals surface area contributed by atoms with Crippen LogP contribution in [0.3, 0.4) is 0 Å². The molecule has 0 saturated carbocycles. The normalized spacial score (nSPS) is 10.8. The van der Waals surface area contributed by atoms with Crippen LogP contribution in [0.4, 0.5) is 25.0 Å². The van der Waals surface area contributed by atoms with Crippen molar-refractivity contribution in [2.24, 2.45) is 0 Å². The minimum atomic E-state index is -0.835. The van der Waals surface area contributed by atoms with Crippen LogP contribution in [0.15, 0.2) is 48.7 Å². The predicted molar refractivity (Wildman–Crippen MR) is 92.8 cm³/mol. The number of benzene rings is 2. The summed E-state index contributed by atoms with van der Waals surface area (Å²) in [6.45, 7) is 1.16. The second-order valence-electron chi connectivity index (χ2n) is 5.45. The van der Waals surface area contributed by atoms with Gasteiger partial charge in [-0.15, -0.1) is 0 Å². The third-order valence-electron chi connectivity index (χ3n) is 3.75. The Balaban J connectivity index is 1.81. The number of nitrogens with zero attached hydrogens (tertiary/aromatic N) is 1. The lowest BCUT2D eigenvalue weighted by Crippen LogP contribution is -2.20. The van der Waals surface area contributed by atoms with E-state index in [0.29, 0.717) is 24.9 Å². The topological polar surface area (TPSA) is 55.3 Å². The zero-order chi connectivity index (χ0) is 17.8. The summed E-state index contributed by atoms with van der Waals surface area (Å²) in [7, 11) is 1.62. The largest absolute Gasteiger partial charge is 0.383 e. The molecule has 2 aromatic carbocycles. The third-order valence-corrected chi connectivity index (χ3v) is 3.75. The van der Waals surface area contributed by atoms with E-state index < -0.39 is 17.7 Å². The van der Waals surface area contributed by atoms with Crippen LogP contribution in [-0.2, 0) is 11.3 Å². The van der Waals surface area contributed by atoms with E-state index in [-0.39, 0.29) is 5.69 Å². The number of carbonyl (C=O) groups is 1. The van der Waals surface area contributed by atoms with E-state index >= 15 is 0 Å². The van der Waals surface area contributed by atoms with Gasteiger partial charge in [-0.05, 0) is 18.2 Å². The molecule has 1 aromatic heterocycles. The first-order chi connectivity index (χ1) is 12.1. The summed E-state index contributed by atoms with van der Waals surface area (Å²) < 4.78 is 33.6. The van der Waals surface area contributed by atoms with Crippen LogP contribution in [0, 0.1) is 11.6 Å². The molecule has 3 rings (SSSR count). The molecular formula is C18H17F2N3O2. The molecule has 3 aromatic rings. The average Bonchev–Trinajstić information content (AvgIpc) is 2.93. The molecule has 0 unspecified atom stereocenters.